The van der Waals surface area contributed by atoms with Gasteiger partial charge < -0.3 is 30.3 Å². The SMILES string of the molecule is CCOC1=NC(N)=NC2C1N=CN2[C@@H]1O[C@H](CO)[C@@H](O)[C@H]1F. The van der Waals surface area contributed by atoms with Crippen molar-refractivity contribution < 1.29 is 24.1 Å². The number of nitrogens with two attached hydrogens (primary N) is 1. The molecule has 0 amide bonds. The first-order chi connectivity index (χ1) is 10.6. The number of halogens is 1. The van der Waals surface area contributed by atoms with Gasteiger partial charge in [-0.25, -0.2) is 9.38 Å². The van der Waals surface area contributed by atoms with Crippen molar-refractivity contribution in [1.82, 2.24) is 4.90 Å². The van der Waals surface area contributed by atoms with Crippen molar-refractivity contribution in [3.63, 3.8) is 0 Å². The molecule has 0 aliphatic carbocycles. The predicted molar refractivity (Wildman–Crippen MR) is 75.2 cm³/mol. The van der Waals surface area contributed by atoms with Gasteiger partial charge in [0.2, 0.25) is 11.9 Å². The van der Waals surface area contributed by atoms with Crippen molar-refractivity contribution in [2.75, 3.05) is 13.2 Å². The Morgan fingerprint density at radius 1 is 1.55 bits per heavy atom. The minimum Gasteiger partial charge on any atom is -0.479 e. The number of guanidine groups is 1. The molecule has 9 nitrogen and oxygen atoms in total. The summed E-state index contributed by atoms with van der Waals surface area (Å²) < 4.78 is 25.0. The molecule has 0 saturated carbocycles. The maximum absolute atomic E-state index is 14.2. The number of fused-ring (bicyclic) bond motifs is 1. The summed E-state index contributed by atoms with van der Waals surface area (Å²) in [5.41, 5.74) is 5.66. The molecule has 0 radical (unpaired) electrons. The highest BCUT2D eigenvalue weighted by molar-refractivity contribution is 5.99. The first-order valence-corrected chi connectivity index (χ1v) is 7.00. The Hall–Kier alpha value is -1.78. The van der Waals surface area contributed by atoms with Gasteiger partial charge in [0.15, 0.2) is 24.6 Å². The molecule has 0 bridgehead atoms. The molecule has 0 aromatic heterocycles. The summed E-state index contributed by atoms with van der Waals surface area (Å²) in [4.78, 5) is 13.8. The normalized spacial score (nSPS) is 40.5. The van der Waals surface area contributed by atoms with Crippen LogP contribution in [0.2, 0.25) is 0 Å². The van der Waals surface area contributed by atoms with Crippen LogP contribution in [-0.2, 0) is 9.47 Å². The largest absolute Gasteiger partial charge is 0.479 e. The predicted octanol–water partition coefficient (Wildman–Crippen LogP) is -1.80. The summed E-state index contributed by atoms with van der Waals surface area (Å²) in [6.45, 7) is 1.71. The van der Waals surface area contributed by atoms with Crippen LogP contribution < -0.4 is 5.73 Å². The number of alkyl halides is 1. The lowest BCUT2D eigenvalue weighted by atomic mass is 10.1. The highest BCUT2D eigenvalue weighted by atomic mass is 19.1. The second-order valence-electron chi connectivity index (χ2n) is 5.12. The fourth-order valence-electron chi connectivity index (χ4n) is 2.71. The molecule has 0 aromatic carbocycles. The number of aliphatic imine (C=N–C) groups is 3. The van der Waals surface area contributed by atoms with Crippen LogP contribution in [0.1, 0.15) is 6.92 Å². The molecule has 3 aliphatic rings. The van der Waals surface area contributed by atoms with Crippen LogP contribution in [0.15, 0.2) is 15.0 Å². The fourth-order valence-corrected chi connectivity index (χ4v) is 2.71. The van der Waals surface area contributed by atoms with E-state index < -0.39 is 43.4 Å². The van der Waals surface area contributed by atoms with Crippen LogP contribution in [0, 0.1) is 0 Å². The van der Waals surface area contributed by atoms with Crippen molar-refractivity contribution in [3.8, 4) is 0 Å². The fraction of sp³-hybridized carbons (Fsp3) is 0.750. The van der Waals surface area contributed by atoms with Gasteiger partial charge in [0, 0.05) is 0 Å². The first kappa shape index (κ1) is 15.1. The summed E-state index contributed by atoms with van der Waals surface area (Å²) >= 11 is 0. The van der Waals surface area contributed by atoms with Gasteiger partial charge in [-0.05, 0) is 6.92 Å². The van der Waals surface area contributed by atoms with E-state index >= 15 is 0 Å². The topological polar surface area (TPSA) is 125 Å². The summed E-state index contributed by atoms with van der Waals surface area (Å²) in [7, 11) is 0. The van der Waals surface area contributed by atoms with E-state index in [2.05, 4.69) is 15.0 Å². The third-order valence-electron chi connectivity index (χ3n) is 3.75. The summed E-state index contributed by atoms with van der Waals surface area (Å²) in [6, 6.07) is -0.534. The van der Waals surface area contributed by atoms with Crippen molar-refractivity contribution in [3.05, 3.63) is 0 Å². The van der Waals surface area contributed by atoms with E-state index in [1.54, 1.807) is 6.92 Å². The number of hydrogen-bond donors (Lipinski definition) is 3. The van der Waals surface area contributed by atoms with Crippen molar-refractivity contribution in [2.24, 2.45) is 20.7 Å². The molecule has 1 saturated heterocycles. The van der Waals surface area contributed by atoms with Gasteiger partial charge in [0.25, 0.3) is 0 Å². The highest BCUT2D eigenvalue weighted by Gasteiger charge is 2.51. The molecule has 0 spiro atoms. The third kappa shape index (κ3) is 2.32. The zero-order valence-corrected chi connectivity index (χ0v) is 11.9. The molecule has 3 heterocycles. The highest BCUT2D eigenvalue weighted by Crippen LogP contribution is 2.31. The quantitative estimate of drug-likeness (QED) is 0.564. The molecule has 122 valence electrons. The molecule has 3 aliphatic heterocycles. The number of aliphatic hydroxyl groups excluding tert-OH is 2. The number of ether oxygens (including phenoxy) is 2. The van der Waals surface area contributed by atoms with Crippen molar-refractivity contribution in [2.45, 2.75) is 43.7 Å². The summed E-state index contributed by atoms with van der Waals surface area (Å²) in [5, 5.41) is 18.8. The lowest BCUT2D eigenvalue weighted by Gasteiger charge is -2.32. The Bertz CT molecular complexity index is 528. The molecular formula is C12H18FN5O4. The Kier molecular flexibility index (Phi) is 3.98. The maximum atomic E-state index is 14.2. The molecule has 10 heteroatoms. The smallest absolute Gasteiger partial charge is 0.221 e. The van der Waals surface area contributed by atoms with E-state index in [-0.39, 0.29) is 5.96 Å². The summed E-state index contributed by atoms with van der Waals surface area (Å²) in [6.07, 6.45) is -4.47. The lowest BCUT2D eigenvalue weighted by Crippen LogP contribution is -2.50. The molecule has 0 aromatic rings. The Labute approximate surface area is 126 Å². The van der Waals surface area contributed by atoms with E-state index in [1.807, 2.05) is 0 Å². The monoisotopic (exact) mass is 315 g/mol. The van der Waals surface area contributed by atoms with E-state index in [1.165, 1.54) is 11.2 Å². The van der Waals surface area contributed by atoms with E-state index in [0.717, 1.165) is 0 Å². The molecule has 4 N–H and O–H groups in total. The van der Waals surface area contributed by atoms with Crippen molar-refractivity contribution >= 4 is 18.2 Å². The molecule has 2 unspecified atom stereocenters. The Balaban J connectivity index is 1.81. The van der Waals surface area contributed by atoms with Gasteiger partial charge in [0.05, 0.1) is 19.6 Å². The van der Waals surface area contributed by atoms with E-state index in [9.17, 15) is 9.50 Å². The van der Waals surface area contributed by atoms with Crippen LogP contribution in [0.3, 0.4) is 0 Å². The van der Waals surface area contributed by atoms with E-state index in [0.29, 0.717) is 12.5 Å². The van der Waals surface area contributed by atoms with Gasteiger partial charge in [-0.2, -0.15) is 4.99 Å². The molecule has 3 rings (SSSR count). The van der Waals surface area contributed by atoms with Gasteiger partial charge in [0.1, 0.15) is 12.2 Å². The minimum absolute atomic E-state index is 0.00728. The Morgan fingerprint density at radius 3 is 2.95 bits per heavy atom. The summed E-state index contributed by atoms with van der Waals surface area (Å²) in [5.74, 6) is 0.319. The standard InChI is InChI=1S/C12H18FN5O4/c1-2-21-10-7-9(16-12(14)17-10)18(4-15-7)11-6(13)8(20)5(3-19)22-11/h4-9,11,19-20H,2-3H2,1H3,(H2,14,16)/t5-,6-,7?,8-,9?,11-/m1/s1. The van der Waals surface area contributed by atoms with Crippen LogP contribution in [0.5, 0.6) is 0 Å². The Morgan fingerprint density at radius 2 is 2.32 bits per heavy atom. The van der Waals surface area contributed by atoms with Crippen LogP contribution in [0.4, 0.5) is 4.39 Å². The maximum Gasteiger partial charge on any atom is 0.221 e. The number of rotatable bonds is 3. The number of nitrogens with zero attached hydrogens (tertiary/aromatic N) is 4. The first-order valence-electron chi connectivity index (χ1n) is 7.00. The van der Waals surface area contributed by atoms with Crippen molar-refractivity contribution in [1.29, 1.82) is 0 Å². The minimum atomic E-state index is -1.70. The molecular weight excluding hydrogens is 297 g/mol. The van der Waals surface area contributed by atoms with Gasteiger partial charge in [-0.1, -0.05) is 0 Å². The molecule has 1 fully saturated rings. The lowest BCUT2D eigenvalue weighted by molar-refractivity contribution is -0.0695. The zero-order valence-electron chi connectivity index (χ0n) is 11.9. The average molecular weight is 315 g/mol. The van der Waals surface area contributed by atoms with Gasteiger partial charge in [-0.3, -0.25) is 4.99 Å². The second-order valence-corrected chi connectivity index (χ2v) is 5.12. The third-order valence-corrected chi connectivity index (χ3v) is 3.75. The average Bonchev–Trinajstić information content (AvgIpc) is 3.02. The number of aliphatic hydroxyl groups is 2. The molecule has 6 atom stereocenters. The zero-order chi connectivity index (χ0) is 15.9. The van der Waals surface area contributed by atoms with Crippen LogP contribution >= 0.6 is 0 Å². The molecule has 22 heavy (non-hydrogen) atoms. The van der Waals surface area contributed by atoms with Gasteiger partial charge >= 0.3 is 0 Å². The van der Waals surface area contributed by atoms with Crippen LogP contribution in [0.25, 0.3) is 0 Å². The van der Waals surface area contributed by atoms with Gasteiger partial charge in [-0.15, -0.1) is 0 Å². The van der Waals surface area contributed by atoms with Crippen LogP contribution in [-0.4, -0.2) is 83.3 Å². The number of hydrogen-bond acceptors (Lipinski definition) is 9. The second kappa shape index (κ2) is 5.78. The van der Waals surface area contributed by atoms with E-state index in [4.69, 9.17) is 20.3 Å².